The molecule has 0 radical (unpaired) electrons. The van der Waals surface area contributed by atoms with Crippen molar-refractivity contribution in [1.29, 1.82) is 0 Å². The Morgan fingerprint density at radius 2 is 2.16 bits per heavy atom. The molecule has 3 rings (SSSR count). The highest BCUT2D eigenvalue weighted by Gasteiger charge is 2.28. The lowest BCUT2D eigenvalue weighted by molar-refractivity contribution is -0.136. The Hall–Kier alpha value is -1.36. The van der Waals surface area contributed by atoms with E-state index in [0.29, 0.717) is 25.9 Å². The zero-order chi connectivity index (χ0) is 13.4. The van der Waals surface area contributed by atoms with Crippen LogP contribution in [0.1, 0.15) is 24.0 Å². The summed E-state index contributed by atoms with van der Waals surface area (Å²) in [5.74, 6) is 0.452. The van der Waals surface area contributed by atoms with Crippen LogP contribution in [0, 0.1) is 5.92 Å². The summed E-state index contributed by atoms with van der Waals surface area (Å²) in [4.78, 5) is 23.0. The van der Waals surface area contributed by atoms with Gasteiger partial charge in [-0.2, -0.15) is 0 Å². The fourth-order valence-corrected chi connectivity index (χ4v) is 3.25. The third-order valence-corrected chi connectivity index (χ3v) is 4.10. The molecule has 0 spiro atoms. The Morgan fingerprint density at radius 3 is 2.95 bits per heavy atom. The lowest BCUT2D eigenvalue weighted by Gasteiger charge is -2.21. The molecule has 2 heterocycles. The Labute approximate surface area is 119 Å². The van der Waals surface area contributed by atoms with Gasteiger partial charge in [0, 0.05) is 23.2 Å². The van der Waals surface area contributed by atoms with Gasteiger partial charge in [0.2, 0.25) is 11.8 Å². The summed E-state index contributed by atoms with van der Waals surface area (Å²) in [6.45, 7) is 0.703. The number of imide groups is 1. The van der Waals surface area contributed by atoms with Crippen molar-refractivity contribution in [2.24, 2.45) is 5.92 Å². The number of hydrogen-bond acceptors (Lipinski definition) is 3. The van der Waals surface area contributed by atoms with Crippen LogP contribution in [-0.4, -0.2) is 18.4 Å². The van der Waals surface area contributed by atoms with Gasteiger partial charge in [0.1, 0.15) is 5.75 Å². The number of hydrogen-bond donors (Lipinski definition) is 1. The van der Waals surface area contributed by atoms with Crippen LogP contribution in [0.5, 0.6) is 5.75 Å². The lowest BCUT2D eigenvalue weighted by atomic mass is 9.90. The largest absolute Gasteiger partial charge is 0.493 e. The highest BCUT2D eigenvalue weighted by Crippen LogP contribution is 2.35. The van der Waals surface area contributed by atoms with E-state index in [-0.39, 0.29) is 17.7 Å². The van der Waals surface area contributed by atoms with E-state index in [0.717, 1.165) is 22.2 Å². The molecule has 4 nitrogen and oxygen atoms in total. The fourth-order valence-electron chi connectivity index (χ4n) is 2.70. The first kappa shape index (κ1) is 12.7. The van der Waals surface area contributed by atoms with Crippen LogP contribution in [-0.2, 0) is 22.4 Å². The van der Waals surface area contributed by atoms with E-state index >= 15 is 0 Å². The Balaban J connectivity index is 1.84. The van der Waals surface area contributed by atoms with Crippen molar-refractivity contribution in [2.45, 2.75) is 25.7 Å². The van der Waals surface area contributed by atoms with Gasteiger partial charge in [-0.15, -0.1) is 0 Å². The van der Waals surface area contributed by atoms with Gasteiger partial charge in [0.15, 0.2) is 0 Å². The molecule has 1 aromatic carbocycles. The maximum Gasteiger partial charge on any atom is 0.230 e. The minimum Gasteiger partial charge on any atom is -0.493 e. The summed E-state index contributed by atoms with van der Waals surface area (Å²) < 4.78 is 6.68. The molecular weight excluding hydrogens is 310 g/mol. The second-order valence-corrected chi connectivity index (χ2v) is 5.92. The Kier molecular flexibility index (Phi) is 3.31. The summed E-state index contributed by atoms with van der Waals surface area (Å²) in [5.41, 5.74) is 2.24. The number of amides is 2. The lowest BCUT2D eigenvalue weighted by Crippen LogP contribution is -2.41. The van der Waals surface area contributed by atoms with E-state index < -0.39 is 0 Å². The van der Waals surface area contributed by atoms with E-state index in [9.17, 15) is 9.59 Å². The van der Waals surface area contributed by atoms with Crippen molar-refractivity contribution in [3.8, 4) is 5.75 Å². The number of fused-ring (bicyclic) bond motifs is 1. The topological polar surface area (TPSA) is 55.4 Å². The predicted molar refractivity (Wildman–Crippen MR) is 72.9 cm³/mol. The fraction of sp³-hybridized carbons (Fsp3) is 0.429. The van der Waals surface area contributed by atoms with Gasteiger partial charge in [-0.3, -0.25) is 14.9 Å². The van der Waals surface area contributed by atoms with Crippen molar-refractivity contribution in [3.05, 3.63) is 27.7 Å². The first-order valence-corrected chi connectivity index (χ1v) is 7.20. The summed E-state index contributed by atoms with van der Waals surface area (Å²) in [7, 11) is 0. The molecule has 2 aliphatic rings. The van der Waals surface area contributed by atoms with Gasteiger partial charge in [-0.05, 0) is 36.1 Å². The van der Waals surface area contributed by atoms with Crippen LogP contribution >= 0.6 is 15.9 Å². The van der Waals surface area contributed by atoms with Crippen molar-refractivity contribution in [2.75, 3.05) is 6.61 Å². The zero-order valence-electron chi connectivity index (χ0n) is 10.4. The maximum absolute atomic E-state index is 11.8. The number of rotatable bonds is 2. The first-order valence-electron chi connectivity index (χ1n) is 6.41. The van der Waals surface area contributed by atoms with Crippen LogP contribution in [0.3, 0.4) is 0 Å². The normalized spacial score (nSPS) is 21.8. The number of benzene rings is 1. The molecule has 100 valence electrons. The first-order chi connectivity index (χ1) is 9.13. The molecule has 1 aromatic rings. The average molecular weight is 324 g/mol. The van der Waals surface area contributed by atoms with Gasteiger partial charge in [0.25, 0.3) is 0 Å². The third kappa shape index (κ3) is 2.52. The van der Waals surface area contributed by atoms with Crippen molar-refractivity contribution in [1.82, 2.24) is 5.32 Å². The quantitative estimate of drug-likeness (QED) is 0.847. The molecule has 2 aliphatic heterocycles. The van der Waals surface area contributed by atoms with Gasteiger partial charge >= 0.3 is 0 Å². The molecule has 1 saturated heterocycles. The van der Waals surface area contributed by atoms with Crippen molar-refractivity contribution in [3.63, 3.8) is 0 Å². The second-order valence-electron chi connectivity index (χ2n) is 5.00. The van der Waals surface area contributed by atoms with E-state index in [1.54, 1.807) is 0 Å². The second kappa shape index (κ2) is 4.96. The molecule has 2 amide bonds. The average Bonchev–Trinajstić information content (AvgIpc) is 2.80. The SMILES string of the molecule is O=C1CCC(Cc2cc(Br)cc3c2OCC3)C(=O)N1. The van der Waals surface area contributed by atoms with E-state index in [4.69, 9.17) is 4.74 Å². The van der Waals surface area contributed by atoms with Gasteiger partial charge in [0.05, 0.1) is 6.61 Å². The summed E-state index contributed by atoms with van der Waals surface area (Å²) in [6.07, 6.45) is 2.58. The molecule has 0 bridgehead atoms. The molecule has 19 heavy (non-hydrogen) atoms. The smallest absolute Gasteiger partial charge is 0.230 e. The summed E-state index contributed by atoms with van der Waals surface area (Å²) >= 11 is 3.50. The van der Waals surface area contributed by atoms with Crippen LogP contribution in [0.25, 0.3) is 0 Å². The molecule has 1 fully saturated rings. The van der Waals surface area contributed by atoms with Gasteiger partial charge < -0.3 is 4.74 Å². The Bertz CT molecular complexity index is 556. The highest BCUT2D eigenvalue weighted by atomic mass is 79.9. The number of nitrogens with one attached hydrogen (secondary N) is 1. The molecule has 1 N–H and O–H groups in total. The molecule has 0 aromatic heterocycles. The monoisotopic (exact) mass is 323 g/mol. The van der Waals surface area contributed by atoms with Crippen LogP contribution in [0.2, 0.25) is 0 Å². The van der Waals surface area contributed by atoms with Crippen LogP contribution < -0.4 is 10.1 Å². The number of carbonyl (C=O) groups excluding carboxylic acids is 2. The Morgan fingerprint density at radius 1 is 1.32 bits per heavy atom. The molecular formula is C14H14BrNO3. The van der Waals surface area contributed by atoms with E-state index in [1.807, 2.05) is 6.07 Å². The van der Waals surface area contributed by atoms with Crippen molar-refractivity contribution < 1.29 is 14.3 Å². The van der Waals surface area contributed by atoms with E-state index in [1.165, 1.54) is 5.56 Å². The van der Waals surface area contributed by atoms with Gasteiger partial charge in [-0.25, -0.2) is 0 Å². The maximum atomic E-state index is 11.8. The molecule has 0 saturated carbocycles. The molecule has 1 atom stereocenters. The van der Waals surface area contributed by atoms with Crippen molar-refractivity contribution >= 4 is 27.7 Å². The molecule has 5 heteroatoms. The highest BCUT2D eigenvalue weighted by molar-refractivity contribution is 9.10. The minimum atomic E-state index is -0.169. The third-order valence-electron chi connectivity index (χ3n) is 3.64. The molecule has 0 aliphatic carbocycles. The van der Waals surface area contributed by atoms with E-state index in [2.05, 4.69) is 27.3 Å². The number of ether oxygens (including phenoxy) is 1. The zero-order valence-corrected chi connectivity index (χ0v) is 12.0. The van der Waals surface area contributed by atoms with Gasteiger partial charge in [-0.1, -0.05) is 15.9 Å². The standard InChI is InChI=1S/C14H14BrNO3/c15-11-6-8-3-4-19-13(8)10(7-11)5-9-1-2-12(17)16-14(9)18/h6-7,9H,1-5H2,(H,16,17,18). The number of piperidine rings is 1. The summed E-state index contributed by atoms with van der Waals surface area (Å²) in [6, 6.07) is 4.07. The summed E-state index contributed by atoms with van der Waals surface area (Å²) in [5, 5.41) is 2.40. The molecule has 1 unspecified atom stereocenters. The predicted octanol–water partition coefficient (Wildman–Crippen LogP) is 1.98. The minimum absolute atomic E-state index is 0.139. The van der Waals surface area contributed by atoms with Crippen LogP contribution in [0.15, 0.2) is 16.6 Å². The number of halogens is 1. The van der Waals surface area contributed by atoms with Crippen LogP contribution in [0.4, 0.5) is 0 Å². The number of carbonyl (C=O) groups is 2.